The normalized spacial score (nSPS) is 18.8. The highest BCUT2D eigenvalue weighted by atomic mass is 32.1. The number of aromatic nitrogens is 1. The maximum Gasteiger partial charge on any atom is 0.265 e. The molecule has 1 atom stereocenters. The number of thiazole rings is 1. The second-order valence-corrected chi connectivity index (χ2v) is 6.19. The van der Waals surface area contributed by atoms with Crippen LogP contribution in [0.1, 0.15) is 22.5 Å². The van der Waals surface area contributed by atoms with E-state index in [2.05, 4.69) is 4.98 Å². The quantitative estimate of drug-likeness (QED) is 0.927. The van der Waals surface area contributed by atoms with E-state index in [9.17, 15) is 9.18 Å². The van der Waals surface area contributed by atoms with Gasteiger partial charge in [0.2, 0.25) is 0 Å². The molecular weight excluding hydrogens is 289 g/mol. The molecule has 1 aliphatic rings. The van der Waals surface area contributed by atoms with E-state index >= 15 is 0 Å². The Labute approximate surface area is 126 Å². The molecule has 0 spiro atoms. The summed E-state index contributed by atoms with van der Waals surface area (Å²) in [5, 5.41) is 0.526. The Morgan fingerprint density at radius 1 is 1.43 bits per heavy atom. The molecule has 4 nitrogen and oxygen atoms in total. The van der Waals surface area contributed by atoms with Gasteiger partial charge in [-0.1, -0.05) is 12.1 Å². The van der Waals surface area contributed by atoms with Crippen molar-refractivity contribution in [1.82, 2.24) is 9.88 Å². The molecule has 1 aromatic heterocycles. The molecular formula is C15H16FN3OS. The maximum atomic E-state index is 13.7. The summed E-state index contributed by atoms with van der Waals surface area (Å²) in [6.45, 7) is 1.30. The van der Waals surface area contributed by atoms with Crippen molar-refractivity contribution in [3.8, 4) is 10.6 Å². The fourth-order valence-electron chi connectivity index (χ4n) is 2.48. The SMILES string of the molecule is N[C@H]1CCCN(C(=O)c2cnc(-c3ccccc3F)s2)C1. The number of halogens is 1. The molecule has 0 saturated carbocycles. The van der Waals surface area contributed by atoms with Crippen molar-refractivity contribution in [2.75, 3.05) is 13.1 Å². The summed E-state index contributed by atoms with van der Waals surface area (Å²) in [6, 6.07) is 6.49. The molecule has 21 heavy (non-hydrogen) atoms. The Morgan fingerprint density at radius 3 is 3.00 bits per heavy atom. The van der Waals surface area contributed by atoms with Crippen LogP contribution < -0.4 is 5.73 Å². The van der Waals surface area contributed by atoms with E-state index in [1.54, 1.807) is 23.1 Å². The lowest BCUT2D eigenvalue weighted by atomic mass is 10.1. The minimum atomic E-state index is -0.328. The molecule has 0 bridgehead atoms. The number of hydrogen-bond donors (Lipinski definition) is 1. The van der Waals surface area contributed by atoms with Crippen molar-refractivity contribution in [3.05, 3.63) is 41.2 Å². The standard InChI is InChI=1S/C15H16FN3OS/c16-12-6-2-1-5-11(12)14-18-8-13(21-14)15(20)19-7-3-4-10(17)9-19/h1-2,5-6,8,10H,3-4,7,9,17H2/t10-/m0/s1. The largest absolute Gasteiger partial charge is 0.336 e. The summed E-state index contributed by atoms with van der Waals surface area (Å²) >= 11 is 1.22. The zero-order valence-corrected chi connectivity index (χ0v) is 12.3. The van der Waals surface area contributed by atoms with Gasteiger partial charge in [0.05, 0.1) is 6.20 Å². The van der Waals surface area contributed by atoms with Crippen molar-refractivity contribution in [3.63, 3.8) is 0 Å². The van der Waals surface area contributed by atoms with E-state index in [-0.39, 0.29) is 17.8 Å². The summed E-state index contributed by atoms with van der Waals surface area (Å²) in [5.74, 6) is -0.393. The van der Waals surface area contributed by atoms with Crippen molar-refractivity contribution < 1.29 is 9.18 Å². The Bertz CT molecular complexity index is 658. The molecule has 1 amide bonds. The van der Waals surface area contributed by atoms with Gasteiger partial charge >= 0.3 is 0 Å². The number of carbonyl (C=O) groups is 1. The highest BCUT2D eigenvalue weighted by Gasteiger charge is 2.24. The van der Waals surface area contributed by atoms with Crippen LogP contribution in [-0.4, -0.2) is 34.9 Å². The van der Waals surface area contributed by atoms with Crippen LogP contribution in [-0.2, 0) is 0 Å². The molecule has 2 N–H and O–H groups in total. The van der Waals surface area contributed by atoms with Gasteiger partial charge in [-0.3, -0.25) is 4.79 Å². The van der Waals surface area contributed by atoms with Gasteiger partial charge in [0.1, 0.15) is 15.7 Å². The zero-order chi connectivity index (χ0) is 14.8. The first-order valence-electron chi connectivity index (χ1n) is 6.91. The second-order valence-electron chi connectivity index (χ2n) is 5.16. The third-order valence-corrected chi connectivity index (χ3v) is 4.58. The molecule has 6 heteroatoms. The molecule has 1 saturated heterocycles. The maximum absolute atomic E-state index is 13.7. The Hall–Kier alpha value is -1.79. The van der Waals surface area contributed by atoms with Crippen molar-refractivity contribution >= 4 is 17.2 Å². The highest BCUT2D eigenvalue weighted by Crippen LogP contribution is 2.28. The Balaban J connectivity index is 1.82. The van der Waals surface area contributed by atoms with Crippen LogP contribution in [0.3, 0.4) is 0 Å². The van der Waals surface area contributed by atoms with Crippen LogP contribution in [0, 0.1) is 5.82 Å². The van der Waals surface area contributed by atoms with Crippen LogP contribution in [0.5, 0.6) is 0 Å². The molecule has 0 aliphatic carbocycles. The van der Waals surface area contributed by atoms with E-state index in [4.69, 9.17) is 5.73 Å². The molecule has 0 unspecified atom stereocenters. The molecule has 2 heterocycles. The zero-order valence-electron chi connectivity index (χ0n) is 11.5. The third kappa shape index (κ3) is 2.96. The fourth-order valence-corrected chi connectivity index (χ4v) is 3.39. The number of hydrogen-bond acceptors (Lipinski definition) is 4. The van der Waals surface area contributed by atoms with E-state index in [0.717, 1.165) is 19.4 Å². The minimum Gasteiger partial charge on any atom is -0.336 e. The van der Waals surface area contributed by atoms with Crippen LogP contribution in [0.25, 0.3) is 10.6 Å². The lowest BCUT2D eigenvalue weighted by Gasteiger charge is -2.30. The van der Waals surface area contributed by atoms with Crippen molar-refractivity contribution in [2.45, 2.75) is 18.9 Å². The number of nitrogens with two attached hydrogens (primary N) is 1. The molecule has 1 fully saturated rings. The average molecular weight is 305 g/mol. The lowest BCUT2D eigenvalue weighted by Crippen LogP contribution is -2.45. The van der Waals surface area contributed by atoms with Gasteiger partial charge in [0.25, 0.3) is 5.91 Å². The van der Waals surface area contributed by atoms with E-state index < -0.39 is 0 Å². The average Bonchev–Trinajstić information content (AvgIpc) is 2.96. The topological polar surface area (TPSA) is 59.2 Å². The lowest BCUT2D eigenvalue weighted by molar-refractivity contribution is 0.0713. The van der Waals surface area contributed by atoms with Gasteiger partial charge in [-0.05, 0) is 25.0 Å². The van der Waals surface area contributed by atoms with Crippen LogP contribution >= 0.6 is 11.3 Å². The molecule has 3 rings (SSSR count). The summed E-state index contributed by atoms with van der Waals surface area (Å²) in [7, 11) is 0. The van der Waals surface area contributed by atoms with E-state index in [1.807, 2.05) is 0 Å². The minimum absolute atomic E-state index is 0.0432. The molecule has 1 aliphatic heterocycles. The predicted octanol–water partition coefficient (Wildman–Crippen LogP) is 2.51. The number of rotatable bonds is 2. The summed E-state index contributed by atoms with van der Waals surface area (Å²) < 4.78 is 13.7. The van der Waals surface area contributed by atoms with Crippen molar-refractivity contribution in [1.29, 1.82) is 0 Å². The van der Waals surface area contributed by atoms with Gasteiger partial charge in [0, 0.05) is 24.7 Å². The number of amides is 1. The van der Waals surface area contributed by atoms with Gasteiger partial charge in [-0.2, -0.15) is 0 Å². The van der Waals surface area contributed by atoms with E-state index in [1.165, 1.54) is 23.6 Å². The van der Waals surface area contributed by atoms with Crippen molar-refractivity contribution in [2.24, 2.45) is 5.73 Å². The van der Waals surface area contributed by atoms with E-state index in [0.29, 0.717) is 22.0 Å². The highest BCUT2D eigenvalue weighted by molar-refractivity contribution is 7.16. The Kier molecular flexibility index (Phi) is 3.98. The smallest absolute Gasteiger partial charge is 0.265 e. The first-order chi connectivity index (χ1) is 10.1. The van der Waals surface area contributed by atoms with Crippen LogP contribution in [0.4, 0.5) is 4.39 Å². The number of piperidine rings is 1. The Morgan fingerprint density at radius 2 is 2.24 bits per heavy atom. The summed E-state index contributed by atoms with van der Waals surface area (Å²) in [5.41, 5.74) is 6.33. The summed E-state index contributed by atoms with van der Waals surface area (Å²) in [4.78, 5) is 18.9. The monoisotopic (exact) mass is 305 g/mol. The molecule has 110 valence electrons. The first-order valence-corrected chi connectivity index (χ1v) is 7.72. The van der Waals surface area contributed by atoms with Crippen LogP contribution in [0.15, 0.2) is 30.5 Å². The first kappa shape index (κ1) is 14.2. The van der Waals surface area contributed by atoms with Gasteiger partial charge < -0.3 is 10.6 Å². The number of nitrogens with zero attached hydrogens (tertiary/aromatic N) is 2. The fraction of sp³-hybridized carbons (Fsp3) is 0.333. The number of likely N-dealkylation sites (tertiary alicyclic amines) is 1. The van der Waals surface area contributed by atoms with Gasteiger partial charge in [-0.15, -0.1) is 11.3 Å². The van der Waals surface area contributed by atoms with Crippen LogP contribution in [0.2, 0.25) is 0 Å². The molecule has 1 aromatic carbocycles. The number of carbonyl (C=O) groups excluding carboxylic acids is 1. The number of benzene rings is 1. The predicted molar refractivity (Wildman–Crippen MR) is 80.6 cm³/mol. The van der Waals surface area contributed by atoms with Gasteiger partial charge in [-0.25, -0.2) is 9.37 Å². The molecule has 0 radical (unpaired) electrons. The third-order valence-electron chi connectivity index (χ3n) is 3.57. The molecule has 2 aromatic rings. The van der Waals surface area contributed by atoms with Gasteiger partial charge in [0.15, 0.2) is 0 Å². The summed E-state index contributed by atoms with van der Waals surface area (Å²) in [6.07, 6.45) is 3.40. The second kappa shape index (κ2) is 5.91.